The molecule has 0 aromatic carbocycles. The molecular formula is C13H17N4OU-. The second-order valence-electron chi connectivity index (χ2n) is 5.00. The van der Waals surface area contributed by atoms with Gasteiger partial charge in [0.25, 0.3) is 0 Å². The smallest absolute Gasteiger partial charge is 0.118 e. The Morgan fingerprint density at radius 1 is 1.37 bits per heavy atom. The third kappa shape index (κ3) is 2.46. The van der Waals surface area contributed by atoms with Crippen LogP contribution in [0, 0.1) is 49.3 Å². The van der Waals surface area contributed by atoms with E-state index in [0.29, 0.717) is 17.9 Å². The molecule has 0 saturated carbocycles. The van der Waals surface area contributed by atoms with Crippen molar-refractivity contribution in [1.29, 1.82) is 0 Å². The maximum Gasteiger partial charge on any atom is 0.118 e. The first kappa shape index (κ1) is 15.0. The number of imidazole rings is 1. The Morgan fingerprint density at radius 3 is 2.84 bits per heavy atom. The van der Waals surface area contributed by atoms with Crippen LogP contribution in [0.1, 0.15) is 33.4 Å². The molecule has 0 N–H and O–H groups in total. The number of hydrogen-bond donors (Lipinski definition) is 0. The van der Waals surface area contributed by atoms with E-state index in [0.717, 1.165) is 17.6 Å². The van der Waals surface area contributed by atoms with E-state index >= 15 is 0 Å². The van der Waals surface area contributed by atoms with E-state index in [1.165, 1.54) is 6.33 Å². The molecule has 1 aliphatic heterocycles. The molecule has 0 amide bonds. The molecule has 19 heavy (non-hydrogen) atoms. The van der Waals surface area contributed by atoms with Gasteiger partial charge in [-0.1, -0.05) is 20.8 Å². The first-order valence-electron chi connectivity index (χ1n) is 6.43. The Kier molecular flexibility index (Phi) is 4.65. The first-order valence-corrected chi connectivity index (χ1v) is 6.43. The molecule has 0 spiro atoms. The second-order valence-corrected chi connectivity index (χ2v) is 5.00. The van der Waals surface area contributed by atoms with Gasteiger partial charge in [-0.15, -0.1) is 0 Å². The first-order chi connectivity index (χ1) is 8.72. The number of aromatic nitrogens is 4. The zero-order valence-corrected chi connectivity index (χ0v) is 15.5. The molecule has 1 aliphatic rings. The third-order valence-electron chi connectivity index (χ3n) is 4.02. The van der Waals surface area contributed by atoms with Gasteiger partial charge in [-0.25, -0.2) is 0 Å². The normalized spacial score (nSPS) is 30.5. The maximum absolute atomic E-state index is 6.12. The van der Waals surface area contributed by atoms with Gasteiger partial charge in [0.05, 0.1) is 6.10 Å². The summed E-state index contributed by atoms with van der Waals surface area (Å²) >= 11 is 0. The van der Waals surface area contributed by atoms with Crippen LogP contribution >= 0.6 is 0 Å². The summed E-state index contributed by atoms with van der Waals surface area (Å²) in [6.07, 6.45) is 7.54. The minimum atomic E-state index is -0.0233. The summed E-state index contributed by atoms with van der Waals surface area (Å²) in [5, 5.41) is 0. The van der Waals surface area contributed by atoms with Gasteiger partial charge in [-0.05, 0) is 24.1 Å². The molecule has 3 heterocycles. The van der Waals surface area contributed by atoms with Gasteiger partial charge in [0.15, 0.2) is 0 Å². The predicted molar refractivity (Wildman–Crippen MR) is 66.7 cm³/mol. The van der Waals surface area contributed by atoms with E-state index in [9.17, 15) is 0 Å². The molecular weight excluding hydrogens is 466 g/mol. The van der Waals surface area contributed by atoms with Crippen molar-refractivity contribution in [3.63, 3.8) is 0 Å². The summed E-state index contributed by atoms with van der Waals surface area (Å²) in [5.74, 6) is 0.964. The summed E-state index contributed by atoms with van der Waals surface area (Å²) < 4.78 is 8.03. The van der Waals surface area contributed by atoms with Crippen LogP contribution in [0.25, 0.3) is 11.2 Å². The zero-order valence-electron chi connectivity index (χ0n) is 11.4. The fraction of sp³-hybridized carbons (Fsp3) is 0.615. The molecule has 2 aromatic rings. The van der Waals surface area contributed by atoms with E-state index in [2.05, 4.69) is 42.1 Å². The van der Waals surface area contributed by atoms with Crippen molar-refractivity contribution in [2.75, 3.05) is 0 Å². The molecule has 6 heteroatoms. The third-order valence-corrected chi connectivity index (χ3v) is 4.02. The van der Waals surface area contributed by atoms with E-state index < -0.39 is 0 Å². The van der Waals surface area contributed by atoms with Gasteiger partial charge in [0, 0.05) is 49.0 Å². The molecule has 1 saturated heterocycles. The summed E-state index contributed by atoms with van der Waals surface area (Å²) in [6.45, 7) is 6.62. The minimum Gasteiger partial charge on any atom is -0.408 e. The van der Waals surface area contributed by atoms with Crippen LogP contribution in [0.15, 0.2) is 12.5 Å². The average molecular weight is 483 g/mol. The van der Waals surface area contributed by atoms with Crippen molar-refractivity contribution in [1.82, 2.24) is 19.5 Å². The molecule has 3 rings (SSSR count). The SMILES string of the molecule is CC[C@H]1O[C@@H](n2[c-]nc3cncnc32)C(C)[C@@H]1C.[U]. The molecule has 1 unspecified atom stereocenters. The topological polar surface area (TPSA) is 52.8 Å². The molecule has 100 valence electrons. The van der Waals surface area contributed by atoms with Crippen molar-refractivity contribution in [3.8, 4) is 0 Å². The van der Waals surface area contributed by atoms with Crippen molar-refractivity contribution in [3.05, 3.63) is 18.9 Å². The number of ether oxygens (including phenoxy) is 1. The molecule has 0 aliphatic carbocycles. The van der Waals surface area contributed by atoms with Crippen LogP contribution in [-0.2, 0) is 4.74 Å². The predicted octanol–water partition coefficient (Wildman–Crippen LogP) is 2.21. The quantitative estimate of drug-likeness (QED) is 0.615. The number of hydrogen-bond acceptors (Lipinski definition) is 4. The molecule has 1 fully saturated rings. The maximum atomic E-state index is 6.12. The van der Waals surface area contributed by atoms with Crippen molar-refractivity contribution < 1.29 is 35.9 Å². The van der Waals surface area contributed by atoms with Crippen LogP contribution in [0.3, 0.4) is 0 Å². The fourth-order valence-electron chi connectivity index (χ4n) is 2.70. The van der Waals surface area contributed by atoms with E-state index in [4.69, 9.17) is 4.74 Å². The molecule has 5 nitrogen and oxygen atoms in total. The monoisotopic (exact) mass is 483 g/mol. The Hall–Kier alpha value is -0.438. The number of nitrogens with zero attached hydrogens (tertiary/aromatic N) is 4. The van der Waals surface area contributed by atoms with Gasteiger partial charge in [-0.2, -0.15) is 0 Å². The van der Waals surface area contributed by atoms with Crippen molar-refractivity contribution >= 4 is 11.2 Å². The molecule has 2 aromatic heterocycles. The zero-order chi connectivity index (χ0) is 12.7. The van der Waals surface area contributed by atoms with Crippen LogP contribution in [0.4, 0.5) is 0 Å². The van der Waals surface area contributed by atoms with Crippen LogP contribution in [0.2, 0.25) is 0 Å². The average Bonchev–Trinajstić information content (AvgIpc) is 2.93. The van der Waals surface area contributed by atoms with E-state index in [1.54, 1.807) is 6.20 Å². The van der Waals surface area contributed by atoms with Crippen molar-refractivity contribution in [2.45, 2.75) is 39.5 Å². The van der Waals surface area contributed by atoms with Gasteiger partial charge in [-0.3, -0.25) is 9.97 Å². The summed E-state index contributed by atoms with van der Waals surface area (Å²) in [7, 11) is 0. The van der Waals surface area contributed by atoms with Crippen molar-refractivity contribution in [2.24, 2.45) is 11.8 Å². The second kappa shape index (κ2) is 5.90. The summed E-state index contributed by atoms with van der Waals surface area (Å²) in [5.41, 5.74) is 1.56. The van der Waals surface area contributed by atoms with Crippen LogP contribution < -0.4 is 0 Å². The largest absolute Gasteiger partial charge is 0.408 e. The van der Waals surface area contributed by atoms with Crippen LogP contribution in [-0.4, -0.2) is 25.6 Å². The van der Waals surface area contributed by atoms with E-state index in [1.807, 2.05) is 4.57 Å². The van der Waals surface area contributed by atoms with E-state index in [-0.39, 0.29) is 37.3 Å². The Balaban J connectivity index is 0.00000133. The number of rotatable bonds is 2. The van der Waals surface area contributed by atoms with Gasteiger partial charge < -0.3 is 14.3 Å². The van der Waals surface area contributed by atoms with Crippen LogP contribution in [0.5, 0.6) is 0 Å². The Labute approximate surface area is 136 Å². The van der Waals surface area contributed by atoms with Gasteiger partial charge >= 0.3 is 0 Å². The Bertz CT molecular complexity index is 558. The number of fused-ring (bicyclic) bond motifs is 1. The molecule has 0 radical (unpaired) electrons. The fourth-order valence-corrected chi connectivity index (χ4v) is 2.70. The molecule has 4 atom stereocenters. The summed E-state index contributed by atoms with van der Waals surface area (Å²) in [4.78, 5) is 12.5. The Morgan fingerprint density at radius 2 is 2.16 bits per heavy atom. The van der Waals surface area contributed by atoms with Gasteiger partial charge in [0.2, 0.25) is 0 Å². The minimum absolute atomic E-state index is 0. The molecule has 0 bridgehead atoms. The summed E-state index contributed by atoms with van der Waals surface area (Å²) in [6, 6.07) is 0. The van der Waals surface area contributed by atoms with Gasteiger partial charge in [0.1, 0.15) is 12.6 Å². The standard InChI is InChI=1S/C13H17N4O.U/c1-4-11-8(2)9(3)13(18-11)17-7-16-10-5-14-6-15-12(10)17;/h5-6,8-9,11,13H,4H2,1-3H3;/q-1;/t8-,9?,11+,13+;/m0./s1.